The summed E-state index contributed by atoms with van der Waals surface area (Å²) in [4.78, 5) is 12.6. The molecule has 6 heteroatoms. The smallest absolute Gasteiger partial charge is 0.335 e. The van der Waals surface area contributed by atoms with Crippen molar-refractivity contribution in [3.8, 4) is 12.3 Å². The Labute approximate surface area is 163 Å². The van der Waals surface area contributed by atoms with Gasteiger partial charge in [0.1, 0.15) is 5.60 Å². The molecule has 0 saturated carbocycles. The fourth-order valence-electron chi connectivity index (χ4n) is 2.54. The van der Waals surface area contributed by atoms with E-state index in [0.29, 0.717) is 12.8 Å². The van der Waals surface area contributed by atoms with Crippen molar-refractivity contribution in [1.29, 1.82) is 0 Å². The number of terminal acetylenes is 1. The highest BCUT2D eigenvalue weighted by molar-refractivity contribution is 7.89. The number of ether oxygens (including phenoxy) is 1. The van der Waals surface area contributed by atoms with Crippen LogP contribution in [0.4, 0.5) is 0 Å². The average Bonchev–Trinajstić information content (AvgIpc) is 2.56. The van der Waals surface area contributed by atoms with Crippen LogP contribution in [0, 0.1) is 19.3 Å². The number of carbonyl (C=O) groups is 1. The van der Waals surface area contributed by atoms with Crippen LogP contribution in [0.1, 0.15) is 46.1 Å². The van der Waals surface area contributed by atoms with Crippen molar-refractivity contribution >= 4 is 16.0 Å². The van der Waals surface area contributed by atoms with Gasteiger partial charge in [0, 0.05) is 5.57 Å². The van der Waals surface area contributed by atoms with Crippen molar-refractivity contribution in [3.05, 3.63) is 42.0 Å². The maximum absolute atomic E-state index is 13.2. The predicted molar refractivity (Wildman–Crippen MR) is 108 cm³/mol. The summed E-state index contributed by atoms with van der Waals surface area (Å²) in [6.07, 6.45) is 6.50. The van der Waals surface area contributed by atoms with Crippen LogP contribution in [0.15, 0.2) is 41.3 Å². The molecule has 0 heterocycles. The van der Waals surface area contributed by atoms with Crippen molar-refractivity contribution in [2.45, 2.75) is 64.0 Å². The molecule has 0 saturated heterocycles. The summed E-state index contributed by atoms with van der Waals surface area (Å²) in [6.45, 7) is 12.7. The molecule has 0 fully saturated rings. The summed E-state index contributed by atoms with van der Waals surface area (Å²) in [7, 11) is -3.90. The minimum atomic E-state index is -3.90. The zero-order valence-corrected chi connectivity index (χ0v) is 17.6. The number of hydrogen-bond donors (Lipinski definition) is 0. The van der Waals surface area contributed by atoms with E-state index in [1.54, 1.807) is 32.9 Å². The summed E-state index contributed by atoms with van der Waals surface area (Å²) in [5, 5.41) is 0. The van der Waals surface area contributed by atoms with E-state index in [-0.39, 0.29) is 17.0 Å². The highest BCUT2D eigenvalue weighted by Gasteiger charge is 2.35. The van der Waals surface area contributed by atoms with Gasteiger partial charge >= 0.3 is 5.97 Å². The van der Waals surface area contributed by atoms with Crippen LogP contribution in [0.3, 0.4) is 0 Å². The summed E-state index contributed by atoms with van der Waals surface area (Å²) in [5.74, 6) is 1.77. The molecule has 0 spiro atoms. The predicted octanol–water partition coefficient (Wildman–Crippen LogP) is 3.69. The average molecular weight is 392 g/mol. The van der Waals surface area contributed by atoms with Gasteiger partial charge in [0.2, 0.25) is 10.0 Å². The maximum atomic E-state index is 13.2. The Hall–Kier alpha value is -2.10. The van der Waals surface area contributed by atoms with E-state index in [4.69, 9.17) is 11.2 Å². The first kappa shape index (κ1) is 22.9. The summed E-state index contributed by atoms with van der Waals surface area (Å²) in [5.41, 5.74) is 0.322. The van der Waals surface area contributed by atoms with Gasteiger partial charge in [-0.2, -0.15) is 4.31 Å². The lowest BCUT2D eigenvalue weighted by Gasteiger charge is -2.31. The fourth-order valence-corrected chi connectivity index (χ4v) is 4.11. The lowest BCUT2D eigenvalue weighted by atomic mass is 10.0. The molecule has 0 radical (unpaired) electrons. The van der Waals surface area contributed by atoms with Gasteiger partial charge in [-0.25, -0.2) is 13.2 Å². The van der Waals surface area contributed by atoms with Gasteiger partial charge < -0.3 is 4.74 Å². The zero-order chi connectivity index (χ0) is 20.8. The molecule has 27 heavy (non-hydrogen) atoms. The van der Waals surface area contributed by atoms with E-state index in [1.807, 2.05) is 13.8 Å². The number of rotatable bonds is 8. The molecule has 1 aromatic carbocycles. The molecule has 1 atom stereocenters. The largest absolute Gasteiger partial charge is 0.457 e. The molecule has 0 aliphatic rings. The minimum absolute atomic E-state index is 0.0812. The molecule has 5 nitrogen and oxygen atoms in total. The first-order valence-electron chi connectivity index (χ1n) is 8.88. The molecule has 148 valence electrons. The number of aryl methyl sites for hydroxylation is 1. The second kappa shape index (κ2) is 9.20. The first-order valence-corrected chi connectivity index (χ1v) is 10.3. The van der Waals surface area contributed by atoms with E-state index in [0.717, 1.165) is 9.87 Å². The number of sulfonamides is 1. The molecule has 0 aromatic heterocycles. The highest BCUT2D eigenvalue weighted by Crippen LogP contribution is 2.26. The van der Waals surface area contributed by atoms with Gasteiger partial charge in [0.25, 0.3) is 0 Å². The Morgan fingerprint density at radius 2 is 1.85 bits per heavy atom. The van der Waals surface area contributed by atoms with Crippen LogP contribution in [0.2, 0.25) is 0 Å². The van der Waals surface area contributed by atoms with Gasteiger partial charge in [-0.3, -0.25) is 0 Å². The third-order valence-corrected chi connectivity index (χ3v) is 5.72. The quantitative estimate of drug-likeness (QED) is 0.385. The third kappa shape index (κ3) is 6.23. The standard InChI is InChI=1S/C21H29NO4S/c1-8-10-19(17(4)20(23)26-21(5,6)7)22(15-9-2)27(24,25)18-13-11-16(3)12-14-18/h2,11-14,19H,4,8,10,15H2,1,3,5-7H3/t19-/m0/s1. The topological polar surface area (TPSA) is 63.7 Å². The second-order valence-corrected chi connectivity index (χ2v) is 9.29. The summed E-state index contributed by atoms with van der Waals surface area (Å²) >= 11 is 0. The van der Waals surface area contributed by atoms with Crippen LogP contribution < -0.4 is 0 Å². The Balaban J connectivity index is 3.33. The number of benzene rings is 1. The molecule has 0 bridgehead atoms. The van der Waals surface area contributed by atoms with E-state index >= 15 is 0 Å². The van der Waals surface area contributed by atoms with Crippen LogP contribution in [0.25, 0.3) is 0 Å². The van der Waals surface area contributed by atoms with Crippen molar-refractivity contribution in [3.63, 3.8) is 0 Å². The van der Waals surface area contributed by atoms with E-state index in [2.05, 4.69) is 12.5 Å². The van der Waals surface area contributed by atoms with Crippen molar-refractivity contribution in [2.24, 2.45) is 0 Å². The summed E-state index contributed by atoms with van der Waals surface area (Å²) < 4.78 is 32.9. The van der Waals surface area contributed by atoms with Crippen LogP contribution in [0.5, 0.6) is 0 Å². The Kier molecular flexibility index (Phi) is 7.82. The highest BCUT2D eigenvalue weighted by atomic mass is 32.2. The molecule has 0 aliphatic carbocycles. The Bertz CT molecular complexity index is 811. The fraction of sp³-hybridized carbons (Fsp3) is 0.476. The normalized spacial score (nSPS) is 13.1. The maximum Gasteiger partial charge on any atom is 0.335 e. The lowest BCUT2D eigenvalue weighted by Crippen LogP contribution is -2.44. The minimum Gasteiger partial charge on any atom is -0.457 e. The third-order valence-electron chi connectivity index (χ3n) is 3.85. The van der Waals surface area contributed by atoms with Gasteiger partial charge in [0.05, 0.1) is 17.5 Å². The second-order valence-electron chi connectivity index (χ2n) is 7.40. The molecular weight excluding hydrogens is 362 g/mol. The monoisotopic (exact) mass is 391 g/mol. The van der Waals surface area contributed by atoms with E-state index < -0.39 is 27.6 Å². The van der Waals surface area contributed by atoms with Crippen LogP contribution in [-0.4, -0.2) is 36.9 Å². The number of esters is 1. The molecule has 0 amide bonds. The van der Waals surface area contributed by atoms with Crippen molar-refractivity contribution in [1.82, 2.24) is 4.31 Å². The molecule has 0 aliphatic heterocycles. The van der Waals surface area contributed by atoms with Gasteiger partial charge in [-0.1, -0.05) is 43.5 Å². The Morgan fingerprint density at radius 3 is 2.30 bits per heavy atom. The lowest BCUT2D eigenvalue weighted by molar-refractivity contribution is -0.150. The zero-order valence-electron chi connectivity index (χ0n) is 16.8. The van der Waals surface area contributed by atoms with Crippen molar-refractivity contribution in [2.75, 3.05) is 6.54 Å². The van der Waals surface area contributed by atoms with Crippen LogP contribution >= 0.6 is 0 Å². The van der Waals surface area contributed by atoms with Gasteiger partial charge in [-0.05, 0) is 46.2 Å². The number of hydrogen-bond acceptors (Lipinski definition) is 4. The molecule has 1 rings (SSSR count). The number of carbonyl (C=O) groups excluding carboxylic acids is 1. The molecule has 0 unspecified atom stereocenters. The SMILES string of the molecule is C#CCN([C@@H](CCC)C(=C)C(=O)OC(C)(C)C)S(=O)(=O)c1ccc(C)cc1. The van der Waals surface area contributed by atoms with E-state index in [1.165, 1.54) is 12.1 Å². The molecule has 1 aromatic rings. The molecule has 0 N–H and O–H groups in total. The first-order chi connectivity index (χ1) is 12.4. The van der Waals surface area contributed by atoms with Crippen molar-refractivity contribution < 1.29 is 17.9 Å². The summed E-state index contributed by atoms with van der Waals surface area (Å²) in [6, 6.07) is 5.74. The van der Waals surface area contributed by atoms with E-state index in [9.17, 15) is 13.2 Å². The number of nitrogens with zero attached hydrogens (tertiary/aromatic N) is 1. The Morgan fingerprint density at radius 1 is 1.30 bits per heavy atom. The van der Waals surface area contributed by atoms with Gasteiger partial charge in [0.15, 0.2) is 0 Å². The van der Waals surface area contributed by atoms with Gasteiger partial charge in [-0.15, -0.1) is 6.42 Å². The molecular formula is C21H29NO4S. The van der Waals surface area contributed by atoms with Crippen LogP contribution in [-0.2, 0) is 19.6 Å².